The highest BCUT2D eigenvalue weighted by Gasteiger charge is 1.93. The van der Waals surface area contributed by atoms with Gasteiger partial charge in [0, 0.05) is 0 Å². The summed E-state index contributed by atoms with van der Waals surface area (Å²) in [4.78, 5) is 10.1. The molecule has 6 heteroatoms. The van der Waals surface area contributed by atoms with Crippen molar-refractivity contribution in [3.63, 3.8) is 0 Å². The van der Waals surface area contributed by atoms with Crippen molar-refractivity contribution in [2.75, 3.05) is 0 Å². The van der Waals surface area contributed by atoms with Gasteiger partial charge in [0.25, 0.3) is 11.4 Å². The second-order valence-electron chi connectivity index (χ2n) is 1.91. The molecule has 5 nitrogen and oxygen atoms in total. The fraction of sp³-hybridized carbons (Fsp3) is 0. The number of para-hydroxylation sites is 1. The molecular formula is C7H8O5S. The predicted octanol–water partition coefficient (Wildman–Crippen LogP) is 0.886. The molecule has 0 atom stereocenters. The Bertz CT molecular complexity index is 295. The van der Waals surface area contributed by atoms with E-state index in [1.165, 1.54) is 6.07 Å². The van der Waals surface area contributed by atoms with E-state index >= 15 is 0 Å². The van der Waals surface area contributed by atoms with E-state index in [-0.39, 0.29) is 5.75 Å². The maximum absolute atomic E-state index is 10.1. The molecule has 0 heterocycles. The molecule has 1 aromatic rings. The van der Waals surface area contributed by atoms with Gasteiger partial charge in [-0.15, -0.1) is 0 Å². The third-order valence-electron chi connectivity index (χ3n) is 1.06. The molecule has 0 aliphatic carbocycles. The van der Waals surface area contributed by atoms with Gasteiger partial charge in [-0.25, -0.2) is 0 Å². The van der Waals surface area contributed by atoms with Crippen LogP contribution in [0.3, 0.4) is 0 Å². The first-order valence-electron chi connectivity index (χ1n) is 3.11. The van der Waals surface area contributed by atoms with Crippen LogP contribution in [-0.2, 0) is 11.4 Å². The molecule has 0 spiro atoms. The number of aromatic hydroxyl groups is 1. The third-order valence-corrected chi connectivity index (χ3v) is 1.06. The van der Waals surface area contributed by atoms with E-state index in [2.05, 4.69) is 0 Å². The van der Waals surface area contributed by atoms with Crippen molar-refractivity contribution in [1.82, 2.24) is 0 Å². The first-order chi connectivity index (χ1) is 6.07. The molecule has 3 N–H and O–H groups in total. The lowest BCUT2D eigenvalue weighted by Gasteiger charge is -1.91. The van der Waals surface area contributed by atoms with Gasteiger partial charge in [0.2, 0.25) is 0 Å². The Morgan fingerprint density at radius 1 is 1.23 bits per heavy atom. The van der Waals surface area contributed by atoms with Gasteiger partial charge in [-0.2, -0.15) is 4.21 Å². The SMILES string of the molecule is O=Cc1ccccc1O.O=S(O)O. The van der Waals surface area contributed by atoms with Crippen LogP contribution in [0.15, 0.2) is 24.3 Å². The lowest BCUT2D eigenvalue weighted by molar-refractivity contribution is 0.112. The summed E-state index contributed by atoms with van der Waals surface area (Å²) < 4.78 is 22.8. The fourth-order valence-electron chi connectivity index (χ4n) is 0.587. The molecular weight excluding hydrogens is 196 g/mol. The van der Waals surface area contributed by atoms with Crippen LogP contribution in [0.4, 0.5) is 0 Å². The first-order valence-corrected chi connectivity index (χ1v) is 4.17. The molecule has 0 aromatic heterocycles. The van der Waals surface area contributed by atoms with Gasteiger partial charge < -0.3 is 5.11 Å². The zero-order valence-corrected chi connectivity index (χ0v) is 7.27. The lowest BCUT2D eigenvalue weighted by Crippen LogP contribution is -1.77. The Labute approximate surface area is 77.1 Å². The third kappa shape index (κ3) is 5.97. The average molecular weight is 204 g/mol. The minimum absolute atomic E-state index is 0.0347. The normalized spacial score (nSPS) is 8.85. The summed E-state index contributed by atoms with van der Waals surface area (Å²) in [5, 5.41) is 8.88. The van der Waals surface area contributed by atoms with E-state index in [4.69, 9.17) is 18.4 Å². The molecule has 0 saturated carbocycles. The highest BCUT2D eigenvalue weighted by molar-refractivity contribution is 7.73. The molecule has 72 valence electrons. The van der Waals surface area contributed by atoms with E-state index in [0.29, 0.717) is 11.8 Å². The number of hydrogen-bond acceptors (Lipinski definition) is 3. The summed E-state index contributed by atoms with van der Waals surface area (Å²) in [6.07, 6.45) is 0.620. The van der Waals surface area contributed by atoms with Gasteiger partial charge in [0.15, 0.2) is 6.29 Å². The molecule has 1 rings (SSSR count). The number of carbonyl (C=O) groups is 1. The maximum atomic E-state index is 10.1. The van der Waals surface area contributed by atoms with E-state index in [9.17, 15) is 4.79 Å². The average Bonchev–Trinajstić information content (AvgIpc) is 2.04. The Kier molecular flexibility index (Phi) is 5.69. The highest BCUT2D eigenvalue weighted by Crippen LogP contribution is 2.11. The second kappa shape index (κ2) is 6.30. The summed E-state index contributed by atoms with van der Waals surface area (Å²) in [6.45, 7) is 0. The highest BCUT2D eigenvalue weighted by atomic mass is 32.2. The number of rotatable bonds is 1. The summed E-state index contributed by atoms with van der Waals surface area (Å²) in [5.41, 5.74) is 0.331. The summed E-state index contributed by atoms with van der Waals surface area (Å²) in [7, 11) is 0. The van der Waals surface area contributed by atoms with Gasteiger partial charge in [-0.05, 0) is 12.1 Å². The Morgan fingerprint density at radius 2 is 1.69 bits per heavy atom. The molecule has 0 aliphatic heterocycles. The largest absolute Gasteiger partial charge is 0.507 e. The lowest BCUT2D eigenvalue weighted by atomic mass is 10.2. The van der Waals surface area contributed by atoms with Crippen LogP contribution in [-0.4, -0.2) is 24.7 Å². The van der Waals surface area contributed by atoms with Crippen LogP contribution in [0.1, 0.15) is 10.4 Å². The Balaban J connectivity index is 0.000000310. The van der Waals surface area contributed by atoms with Crippen molar-refractivity contribution in [2.45, 2.75) is 0 Å². The van der Waals surface area contributed by atoms with Crippen molar-refractivity contribution in [2.24, 2.45) is 0 Å². The zero-order chi connectivity index (χ0) is 10.3. The predicted molar refractivity (Wildman–Crippen MR) is 46.9 cm³/mol. The van der Waals surface area contributed by atoms with Crippen molar-refractivity contribution >= 4 is 17.6 Å². The number of benzene rings is 1. The number of aldehydes is 1. The summed E-state index contributed by atoms with van der Waals surface area (Å²) >= 11 is -2.61. The van der Waals surface area contributed by atoms with Crippen LogP contribution >= 0.6 is 0 Å². The zero-order valence-electron chi connectivity index (χ0n) is 6.45. The number of hydrogen-bond donors (Lipinski definition) is 3. The van der Waals surface area contributed by atoms with Crippen molar-refractivity contribution < 1.29 is 23.2 Å². The van der Waals surface area contributed by atoms with E-state index in [1.807, 2.05) is 0 Å². The molecule has 0 bridgehead atoms. The molecule has 0 amide bonds. The minimum atomic E-state index is -2.61. The van der Waals surface area contributed by atoms with Crippen LogP contribution in [0.5, 0.6) is 5.75 Å². The molecule has 0 aliphatic rings. The standard InChI is InChI=1S/C7H6O2.H2O3S/c8-5-6-3-1-2-4-7(6)9;1-4(2)3/h1-5,9H;(H2,1,2,3). The summed E-state index contributed by atoms with van der Waals surface area (Å²) in [6, 6.07) is 6.40. The van der Waals surface area contributed by atoms with Crippen LogP contribution in [0, 0.1) is 0 Å². The van der Waals surface area contributed by atoms with E-state index < -0.39 is 11.4 Å². The topological polar surface area (TPSA) is 94.8 Å². The number of phenols is 1. The summed E-state index contributed by atoms with van der Waals surface area (Å²) in [5.74, 6) is 0.0347. The van der Waals surface area contributed by atoms with Crippen molar-refractivity contribution in [1.29, 1.82) is 0 Å². The number of phenolic OH excluding ortho intramolecular Hbond substituents is 1. The maximum Gasteiger partial charge on any atom is 0.299 e. The van der Waals surface area contributed by atoms with Gasteiger partial charge in [0.05, 0.1) is 5.56 Å². The van der Waals surface area contributed by atoms with Crippen molar-refractivity contribution in [3.05, 3.63) is 29.8 Å². The Morgan fingerprint density at radius 3 is 2.00 bits per heavy atom. The molecule has 0 saturated heterocycles. The van der Waals surface area contributed by atoms with Crippen molar-refractivity contribution in [3.8, 4) is 5.75 Å². The van der Waals surface area contributed by atoms with Gasteiger partial charge in [-0.3, -0.25) is 13.9 Å². The number of carbonyl (C=O) groups excluding carboxylic acids is 1. The molecule has 13 heavy (non-hydrogen) atoms. The smallest absolute Gasteiger partial charge is 0.299 e. The second-order valence-corrected chi connectivity index (χ2v) is 2.37. The fourth-order valence-corrected chi connectivity index (χ4v) is 0.587. The molecule has 1 aromatic carbocycles. The van der Waals surface area contributed by atoms with Crippen LogP contribution in [0.2, 0.25) is 0 Å². The van der Waals surface area contributed by atoms with E-state index in [1.54, 1.807) is 18.2 Å². The van der Waals surface area contributed by atoms with E-state index in [0.717, 1.165) is 0 Å². The van der Waals surface area contributed by atoms with Crippen LogP contribution < -0.4 is 0 Å². The molecule has 0 radical (unpaired) electrons. The first kappa shape index (κ1) is 11.8. The van der Waals surface area contributed by atoms with Gasteiger partial charge >= 0.3 is 0 Å². The van der Waals surface area contributed by atoms with Crippen LogP contribution in [0.25, 0.3) is 0 Å². The minimum Gasteiger partial charge on any atom is -0.507 e. The monoisotopic (exact) mass is 204 g/mol. The van der Waals surface area contributed by atoms with Gasteiger partial charge in [-0.1, -0.05) is 12.1 Å². The quantitative estimate of drug-likeness (QED) is 0.466. The van der Waals surface area contributed by atoms with Gasteiger partial charge in [0.1, 0.15) is 5.75 Å². The molecule has 0 unspecified atom stereocenters. The molecule has 0 fully saturated rings. The Hall–Kier alpha value is -1.24.